The second kappa shape index (κ2) is 13.2. The van der Waals surface area contributed by atoms with Gasteiger partial charge in [0.25, 0.3) is 0 Å². The largest absolute Gasteiger partial charge is 0.493 e. The van der Waals surface area contributed by atoms with E-state index in [0.29, 0.717) is 17.9 Å². The molecule has 2 aromatic carbocycles. The van der Waals surface area contributed by atoms with E-state index in [1.807, 2.05) is 29.2 Å². The van der Waals surface area contributed by atoms with Crippen molar-refractivity contribution in [3.8, 4) is 23.0 Å². The standard InChI is InChI=1S/C25H34N2O5.ClH/c1-29-21-7-6-18(14-22(21)30-2)8-11-26-10-5-12-27-13-9-19-15-23(31-3)24(32-4)16-20(19)17-25(27)28;/h6-7,14-16,26H,5,8-13,17H2,1-4H3;1H. The Bertz CT molecular complexity index is 922. The molecule has 0 aliphatic carbocycles. The lowest BCUT2D eigenvalue weighted by Gasteiger charge is -2.20. The van der Waals surface area contributed by atoms with Crippen LogP contribution in [0.5, 0.6) is 23.0 Å². The second-order valence-electron chi connectivity index (χ2n) is 7.83. The fourth-order valence-corrected chi connectivity index (χ4v) is 4.04. The van der Waals surface area contributed by atoms with Gasteiger partial charge in [0, 0.05) is 13.1 Å². The zero-order valence-electron chi connectivity index (χ0n) is 19.9. The molecule has 1 heterocycles. The van der Waals surface area contributed by atoms with Gasteiger partial charge in [0.05, 0.1) is 34.9 Å². The van der Waals surface area contributed by atoms with Crippen molar-refractivity contribution in [2.75, 3.05) is 54.6 Å². The van der Waals surface area contributed by atoms with Crippen molar-refractivity contribution < 1.29 is 23.7 Å². The molecule has 0 saturated carbocycles. The minimum absolute atomic E-state index is 0. The van der Waals surface area contributed by atoms with Crippen LogP contribution in [-0.4, -0.2) is 65.4 Å². The molecule has 1 aliphatic heterocycles. The van der Waals surface area contributed by atoms with Crippen LogP contribution < -0.4 is 24.3 Å². The first-order valence-electron chi connectivity index (χ1n) is 11.0. The lowest BCUT2D eigenvalue weighted by Crippen LogP contribution is -2.34. The molecular weight excluding hydrogens is 444 g/mol. The van der Waals surface area contributed by atoms with E-state index < -0.39 is 0 Å². The number of benzene rings is 2. The minimum Gasteiger partial charge on any atom is -0.493 e. The summed E-state index contributed by atoms with van der Waals surface area (Å²) in [5.41, 5.74) is 3.39. The monoisotopic (exact) mass is 478 g/mol. The third-order valence-electron chi connectivity index (χ3n) is 5.87. The molecule has 2 aromatic rings. The molecule has 0 bridgehead atoms. The summed E-state index contributed by atoms with van der Waals surface area (Å²) >= 11 is 0. The second-order valence-corrected chi connectivity index (χ2v) is 7.83. The van der Waals surface area contributed by atoms with Crippen LogP contribution in [0.15, 0.2) is 30.3 Å². The molecule has 8 heteroatoms. The fourth-order valence-electron chi connectivity index (χ4n) is 4.04. The Morgan fingerprint density at radius 2 is 1.48 bits per heavy atom. The van der Waals surface area contributed by atoms with E-state index in [2.05, 4.69) is 11.4 Å². The van der Waals surface area contributed by atoms with Crippen molar-refractivity contribution in [1.29, 1.82) is 0 Å². The van der Waals surface area contributed by atoms with Crippen LogP contribution in [0.3, 0.4) is 0 Å². The number of fused-ring (bicyclic) bond motifs is 1. The summed E-state index contributed by atoms with van der Waals surface area (Å²) in [5.74, 6) is 3.05. The normalized spacial score (nSPS) is 13.0. The fraction of sp³-hybridized carbons (Fsp3) is 0.480. The Morgan fingerprint density at radius 1 is 0.848 bits per heavy atom. The van der Waals surface area contributed by atoms with Crippen LogP contribution in [0.25, 0.3) is 0 Å². The lowest BCUT2D eigenvalue weighted by molar-refractivity contribution is -0.130. The summed E-state index contributed by atoms with van der Waals surface area (Å²) in [5, 5.41) is 3.47. The summed E-state index contributed by atoms with van der Waals surface area (Å²) in [7, 11) is 6.54. The zero-order valence-corrected chi connectivity index (χ0v) is 20.8. The number of halogens is 1. The van der Waals surface area contributed by atoms with Crippen molar-refractivity contribution >= 4 is 18.3 Å². The highest BCUT2D eigenvalue weighted by atomic mass is 35.5. The first-order chi connectivity index (χ1) is 15.6. The quantitative estimate of drug-likeness (QED) is 0.500. The van der Waals surface area contributed by atoms with Gasteiger partial charge in [0.1, 0.15) is 0 Å². The van der Waals surface area contributed by atoms with E-state index in [0.717, 1.165) is 68.1 Å². The first kappa shape index (κ1) is 26.6. The van der Waals surface area contributed by atoms with Crippen LogP contribution in [0.2, 0.25) is 0 Å². The topological polar surface area (TPSA) is 69.3 Å². The molecule has 0 radical (unpaired) electrons. The Balaban J connectivity index is 0.00000385. The van der Waals surface area contributed by atoms with E-state index >= 15 is 0 Å². The minimum atomic E-state index is 0. The van der Waals surface area contributed by atoms with Crippen LogP contribution in [0.1, 0.15) is 23.1 Å². The highest BCUT2D eigenvalue weighted by molar-refractivity contribution is 5.85. The Morgan fingerprint density at radius 3 is 2.15 bits per heavy atom. The van der Waals surface area contributed by atoms with Gasteiger partial charge in [-0.3, -0.25) is 4.79 Å². The highest BCUT2D eigenvalue weighted by Crippen LogP contribution is 2.32. The SMILES string of the molecule is COc1ccc(CCNCCCN2CCc3cc(OC)c(OC)cc3CC2=O)cc1OC.Cl. The van der Waals surface area contributed by atoms with Gasteiger partial charge in [-0.1, -0.05) is 6.07 Å². The number of carbonyl (C=O) groups excluding carboxylic acids is 1. The molecule has 0 fully saturated rings. The molecule has 1 aliphatic rings. The number of carbonyl (C=O) groups is 1. The van der Waals surface area contributed by atoms with Crippen LogP contribution in [-0.2, 0) is 24.1 Å². The zero-order chi connectivity index (χ0) is 22.9. The van der Waals surface area contributed by atoms with Crippen molar-refractivity contribution in [1.82, 2.24) is 10.2 Å². The van der Waals surface area contributed by atoms with Crippen LogP contribution >= 0.6 is 12.4 Å². The van der Waals surface area contributed by atoms with Crippen molar-refractivity contribution in [2.45, 2.75) is 25.7 Å². The van der Waals surface area contributed by atoms with Gasteiger partial charge in [-0.25, -0.2) is 0 Å². The summed E-state index contributed by atoms with van der Waals surface area (Å²) < 4.78 is 21.4. The Hall–Kier alpha value is -2.64. The molecule has 0 aromatic heterocycles. The van der Waals surface area contributed by atoms with Gasteiger partial charge in [-0.05, 0) is 73.3 Å². The summed E-state index contributed by atoms with van der Waals surface area (Å²) in [6.07, 6.45) is 3.05. The van der Waals surface area contributed by atoms with E-state index in [4.69, 9.17) is 18.9 Å². The Kier molecular flexibility index (Phi) is 10.6. The van der Waals surface area contributed by atoms with Gasteiger partial charge >= 0.3 is 0 Å². The maximum atomic E-state index is 12.8. The molecule has 0 spiro atoms. The number of ether oxygens (including phenoxy) is 4. The highest BCUT2D eigenvalue weighted by Gasteiger charge is 2.22. The third-order valence-corrected chi connectivity index (χ3v) is 5.87. The summed E-state index contributed by atoms with van der Waals surface area (Å²) in [4.78, 5) is 14.7. The lowest BCUT2D eigenvalue weighted by atomic mass is 10.0. The predicted molar refractivity (Wildman–Crippen MR) is 132 cm³/mol. The molecule has 182 valence electrons. The molecule has 33 heavy (non-hydrogen) atoms. The molecule has 3 rings (SSSR count). The molecule has 7 nitrogen and oxygen atoms in total. The number of methoxy groups -OCH3 is 4. The van der Waals surface area contributed by atoms with Gasteiger partial charge in [0.2, 0.25) is 5.91 Å². The average molecular weight is 479 g/mol. The van der Waals surface area contributed by atoms with E-state index in [1.165, 1.54) is 5.56 Å². The summed E-state index contributed by atoms with van der Waals surface area (Å²) in [6, 6.07) is 9.94. The van der Waals surface area contributed by atoms with Crippen molar-refractivity contribution in [2.24, 2.45) is 0 Å². The number of rotatable bonds is 11. The number of nitrogens with one attached hydrogen (secondary N) is 1. The van der Waals surface area contributed by atoms with E-state index in [1.54, 1.807) is 28.4 Å². The molecule has 1 N–H and O–H groups in total. The van der Waals surface area contributed by atoms with Gasteiger partial charge in [-0.2, -0.15) is 0 Å². The number of hydrogen-bond acceptors (Lipinski definition) is 6. The molecule has 1 amide bonds. The van der Waals surface area contributed by atoms with Crippen LogP contribution in [0, 0.1) is 0 Å². The van der Waals surface area contributed by atoms with E-state index in [9.17, 15) is 4.79 Å². The smallest absolute Gasteiger partial charge is 0.227 e. The van der Waals surface area contributed by atoms with Crippen LogP contribution in [0.4, 0.5) is 0 Å². The predicted octanol–water partition coefficient (Wildman–Crippen LogP) is 3.29. The molecular formula is C25H35ClN2O5. The average Bonchev–Trinajstić information content (AvgIpc) is 2.97. The summed E-state index contributed by atoms with van der Waals surface area (Å²) in [6.45, 7) is 3.22. The number of amides is 1. The van der Waals surface area contributed by atoms with Crippen molar-refractivity contribution in [3.05, 3.63) is 47.0 Å². The molecule has 0 saturated heterocycles. The molecule has 0 atom stereocenters. The first-order valence-corrected chi connectivity index (χ1v) is 11.0. The molecule has 0 unspecified atom stereocenters. The van der Waals surface area contributed by atoms with Gasteiger partial charge < -0.3 is 29.2 Å². The van der Waals surface area contributed by atoms with Gasteiger partial charge in [0.15, 0.2) is 23.0 Å². The number of hydrogen-bond donors (Lipinski definition) is 1. The maximum absolute atomic E-state index is 12.8. The maximum Gasteiger partial charge on any atom is 0.227 e. The third kappa shape index (κ3) is 6.92. The Labute approximate surface area is 202 Å². The van der Waals surface area contributed by atoms with Gasteiger partial charge in [-0.15, -0.1) is 12.4 Å². The van der Waals surface area contributed by atoms with Crippen molar-refractivity contribution in [3.63, 3.8) is 0 Å². The number of nitrogens with zero attached hydrogens (tertiary/aromatic N) is 1. The van der Waals surface area contributed by atoms with E-state index in [-0.39, 0.29) is 18.3 Å².